The molecule has 0 fully saturated rings. The van der Waals surface area contributed by atoms with Gasteiger partial charge >= 0.3 is 0 Å². The molecule has 0 saturated heterocycles. The number of hydrogen-bond acceptors (Lipinski definition) is 1. The monoisotopic (exact) mass is 277 g/mol. The minimum Gasteiger partial charge on any atom is -0.349 e. The molecule has 17 heavy (non-hydrogen) atoms. The van der Waals surface area contributed by atoms with Crippen LogP contribution in [0, 0.1) is 11.7 Å². The van der Waals surface area contributed by atoms with Crippen LogP contribution in [0.5, 0.6) is 0 Å². The highest BCUT2D eigenvalue weighted by molar-refractivity contribution is 6.33. The molecule has 1 rings (SSSR count). The van der Waals surface area contributed by atoms with Crippen LogP contribution in [0.1, 0.15) is 24.2 Å². The molecule has 2 atom stereocenters. The van der Waals surface area contributed by atoms with Crippen LogP contribution in [0.4, 0.5) is 4.39 Å². The maximum Gasteiger partial charge on any atom is 0.255 e. The van der Waals surface area contributed by atoms with E-state index in [1.165, 1.54) is 18.2 Å². The fraction of sp³-hybridized carbons (Fsp3) is 0.417. The Morgan fingerprint density at radius 2 is 2.12 bits per heavy atom. The van der Waals surface area contributed by atoms with Gasteiger partial charge in [-0.2, -0.15) is 0 Å². The molecule has 0 aliphatic carbocycles. The Balaban J connectivity index is 2.84. The number of halogens is 3. The highest BCUT2D eigenvalue weighted by Gasteiger charge is 2.19. The van der Waals surface area contributed by atoms with Crippen LogP contribution < -0.4 is 5.32 Å². The first kappa shape index (κ1) is 14.3. The van der Waals surface area contributed by atoms with Gasteiger partial charge in [-0.05, 0) is 25.0 Å². The van der Waals surface area contributed by atoms with Crippen molar-refractivity contribution in [2.45, 2.75) is 19.9 Å². The number of alkyl halides is 1. The topological polar surface area (TPSA) is 29.1 Å². The quantitative estimate of drug-likeness (QED) is 0.839. The molecule has 2 unspecified atom stereocenters. The molecular weight excluding hydrogens is 264 g/mol. The molecule has 0 radical (unpaired) electrons. The van der Waals surface area contributed by atoms with Gasteiger partial charge in [0.15, 0.2) is 0 Å². The van der Waals surface area contributed by atoms with E-state index in [2.05, 4.69) is 5.32 Å². The first-order valence-electron chi connectivity index (χ1n) is 5.28. The summed E-state index contributed by atoms with van der Waals surface area (Å²) in [6, 6.07) is 4.00. The molecule has 2 nitrogen and oxygen atoms in total. The third-order valence-corrected chi connectivity index (χ3v) is 3.45. The summed E-state index contributed by atoms with van der Waals surface area (Å²) >= 11 is 11.5. The molecule has 5 heteroatoms. The van der Waals surface area contributed by atoms with Gasteiger partial charge in [-0.15, -0.1) is 11.6 Å². The van der Waals surface area contributed by atoms with Crippen LogP contribution in [0.15, 0.2) is 18.2 Å². The summed E-state index contributed by atoms with van der Waals surface area (Å²) in [6.45, 7) is 3.72. The van der Waals surface area contributed by atoms with E-state index in [4.69, 9.17) is 23.2 Å². The lowest BCUT2D eigenvalue weighted by atomic mass is 10.1. The molecule has 0 bridgehead atoms. The minimum absolute atomic E-state index is 0.103. The van der Waals surface area contributed by atoms with Crippen LogP contribution in [-0.2, 0) is 0 Å². The number of carbonyl (C=O) groups excluding carboxylic acids is 1. The van der Waals surface area contributed by atoms with Crippen LogP contribution >= 0.6 is 23.2 Å². The van der Waals surface area contributed by atoms with Crippen molar-refractivity contribution in [1.82, 2.24) is 5.32 Å². The van der Waals surface area contributed by atoms with Gasteiger partial charge in [0.1, 0.15) is 5.82 Å². The zero-order valence-electron chi connectivity index (χ0n) is 9.64. The van der Waals surface area contributed by atoms with Crippen molar-refractivity contribution in [1.29, 1.82) is 0 Å². The van der Waals surface area contributed by atoms with Crippen molar-refractivity contribution in [3.63, 3.8) is 0 Å². The fourth-order valence-corrected chi connectivity index (χ4v) is 1.79. The van der Waals surface area contributed by atoms with Gasteiger partial charge in [-0.1, -0.05) is 24.6 Å². The predicted molar refractivity (Wildman–Crippen MR) is 68.2 cm³/mol. The van der Waals surface area contributed by atoms with Gasteiger partial charge in [0, 0.05) is 11.9 Å². The molecule has 94 valence electrons. The standard InChI is InChI=1S/C12H14Cl2FNO/c1-7(6-13)8(2)16-12(17)11-9(14)4-3-5-10(11)15/h3-5,7-8H,6H2,1-2H3,(H,16,17). The van der Waals surface area contributed by atoms with E-state index in [0.717, 1.165) is 0 Å². The average molecular weight is 278 g/mol. The summed E-state index contributed by atoms with van der Waals surface area (Å²) in [5.74, 6) is -0.614. The number of amides is 1. The second-order valence-electron chi connectivity index (χ2n) is 3.99. The van der Waals surface area contributed by atoms with Crippen molar-refractivity contribution in [2.75, 3.05) is 5.88 Å². The summed E-state index contributed by atoms with van der Waals surface area (Å²) in [4.78, 5) is 11.8. The first-order valence-corrected chi connectivity index (χ1v) is 6.19. The van der Waals surface area contributed by atoms with E-state index in [1.54, 1.807) is 0 Å². The first-order chi connectivity index (χ1) is 7.97. The van der Waals surface area contributed by atoms with E-state index >= 15 is 0 Å². The summed E-state index contributed by atoms with van der Waals surface area (Å²) in [5, 5.41) is 2.79. The Kier molecular flexibility index (Phi) is 5.22. The van der Waals surface area contributed by atoms with E-state index in [1.807, 2.05) is 13.8 Å². The molecule has 1 aromatic carbocycles. The van der Waals surface area contributed by atoms with Crippen molar-refractivity contribution in [2.24, 2.45) is 5.92 Å². The summed E-state index contributed by atoms with van der Waals surface area (Å²) in [7, 11) is 0. The van der Waals surface area contributed by atoms with Crippen molar-refractivity contribution in [3.05, 3.63) is 34.6 Å². The lowest BCUT2D eigenvalue weighted by Crippen LogP contribution is -2.38. The molecule has 1 aromatic rings. The molecular formula is C12H14Cl2FNO. The number of hydrogen-bond donors (Lipinski definition) is 1. The molecule has 0 spiro atoms. The molecule has 0 saturated carbocycles. The van der Waals surface area contributed by atoms with Crippen LogP contribution in [0.25, 0.3) is 0 Å². The van der Waals surface area contributed by atoms with E-state index in [-0.39, 0.29) is 22.5 Å². The third kappa shape index (κ3) is 3.58. The van der Waals surface area contributed by atoms with Gasteiger partial charge in [0.2, 0.25) is 0 Å². The Bertz CT molecular complexity index is 391. The average Bonchev–Trinajstić information content (AvgIpc) is 2.27. The van der Waals surface area contributed by atoms with E-state index in [9.17, 15) is 9.18 Å². The third-order valence-electron chi connectivity index (χ3n) is 2.65. The van der Waals surface area contributed by atoms with Crippen LogP contribution in [-0.4, -0.2) is 17.8 Å². The summed E-state index contributed by atoms with van der Waals surface area (Å²) in [6.07, 6.45) is 0. The zero-order chi connectivity index (χ0) is 13.0. The molecule has 0 aliphatic heterocycles. The van der Waals surface area contributed by atoms with Crippen molar-refractivity contribution >= 4 is 29.1 Å². The molecule has 1 amide bonds. The second kappa shape index (κ2) is 6.22. The number of rotatable bonds is 4. The van der Waals surface area contributed by atoms with Gasteiger partial charge in [0.05, 0.1) is 10.6 Å². The van der Waals surface area contributed by atoms with E-state index < -0.39 is 11.7 Å². The van der Waals surface area contributed by atoms with Gasteiger partial charge in [-0.25, -0.2) is 4.39 Å². The number of benzene rings is 1. The smallest absolute Gasteiger partial charge is 0.255 e. The molecule has 0 aliphatic rings. The lowest BCUT2D eigenvalue weighted by Gasteiger charge is -2.19. The molecule has 1 N–H and O–H groups in total. The summed E-state index contributed by atoms with van der Waals surface area (Å²) < 4.78 is 13.5. The number of nitrogens with one attached hydrogen (secondary N) is 1. The van der Waals surface area contributed by atoms with Gasteiger partial charge in [-0.3, -0.25) is 4.79 Å². The van der Waals surface area contributed by atoms with E-state index in [0.29, 0.717) is 5.88 Å². The van der Waals surface area contributed by atoms with Gasteiger partial charge < -0.3 is 5.32 Å². The Morgan fingerprint density at radius 1 is 1.47 bits per heavy atom. The van der Waals surface area contributed by atoms with Crippen molar-refractivity contribution in [3.8, 4) is 0 Å². The zero-order valence-corrected chi connectivity index (χ0v) is 11.1. The highest BCUT2D eigenvalue weighted by Crippen LogP contribution is 2.19. The minimum atomic E-state index is -0.624. The Labute approximate surface area is 110 Å². The second-order valence-corrected chi connectivity index (χ2v) is 4.71. The van der Waals surface area contributed by atoms with Crippen LogP contribution in [0.2, 0.25) is 5.02 Å². The largest absolute Gasteiger partial charge is 0.349 e. The normalized spacial score (nSPS) is 14.2. The number of carbonyl (C=O) groups is 1. The molecule has 0 aromatic heterocycles. The predicted octanol–water partition coefficient (Wildman–Crippen LogP) is 3.47. The Hall–Kier alpha value is -0.800. The van der Waals surface area contributed by atoms with Gasteiger partial charge in [0.25, 0.3) is 5.91 Å². The fourth-order valence-electron chi connectivity index (χ4n) is 1.27. The highest BCUT2D eigenvalue weighted by atomic mass is 35.5. The summed E-state index contributed by atoms with van der Waals surface area (Å²) in [5.41, 5.74) is -0.122. The Morgan fingerprint density at radius 3 is 2.65 bits per heavy atom. The SMILES string of the molecule is CC(CCl)C(C)NC(=O)c1c(F)cccc1Cl. The van der Waals surface area contributed by atoms with Crippen LogP contribution in [0.3, 0.4) is 0 Å². The lowest BCUT2D eigenvalue weighted by molar-refractivity contribution is 0.0927. The van der Waals surface area contributed by atoms with Crippen molar-refractivity contribution < 1.29 is 9.18 Å². The maximum atomic E-state index is 13.5. The molecule has 0 heterocycles. The maximum absolute atomic E-state index is 13.5.